The summed E-state index contributed by atoms with van der Waals surface area (Å²) in [6, 6.07) is 9.23. The predicted molar refractivity (Wildman–Crippen MR) is 133 cm³/mol. The van der Waals surface area contributed by atoms with Crippen molar-refractivity contribution in [2.45, 2.75) is 50.8 Å². The fourth-order valence-corrected chi connectivity index (χ4v) is 5.82. The number of aromatic nitrogens is 4. The van der Waals surface area contributed by atoms with Crippen molar-refractivity contribution in [1.82, 2.24) is 29.0 Å². The summed E-state index contributed by atoms with van der Waals surface area (Å²) in [5.74, 6) is -0.179. The summed E-state index contributed by atoms with van der Waals surface area (Å²) >= 11 is 0. The van der Waals surface area contributed by atoms with Gasteiger partial charge in [-0.1, -0.05) is 18.2 Å². The van der Waals surface area contributed by atoms with Crippen molar-refractivity contribution in [3.8, 4) is 5.69 Å². The lowest BCUT2D eigenvalue weighted by atomic mass is 9.79. The van der Waals surface area contributed by atoms with Crippen LogP contribution in [0.15, 0.2) is 47.7 Å². The molecule has 2 N–H and O–H groups in total. The molecule has 0 radical (unpaired) electrons. The topological polar surface area (TPSA) is 139 Å². The Labute approximate surface area is 208 Å². The summed E-state index contributed by atoms with van der Waals surface area (Å²) in [6.45, 7) is 2.43. The number of hydrogen-bond acceptors (Lipinski definition) is 7. The Bertz CT molecular complexity index is 1420. The number of likely N-dealkylation sites (tertiary alicyclic amines) is 1. The average Bonchev–Trinajstić information content (AvgIpc) is 3.28. The van der Waals surface area contributed by atoms with Gasteiger partial charge in [-0.25, -0.2) is 22.8 Å². The van der Waals surface area contributed by atoms with Crippen LogP contribution >= 0.6 is 0 Å². The molecule has 192 valence electrons. The van der Waals surface area contributed by atoms with Crippen LogP contribution in [0.2, 0.25) is 0 Å². The first-order valence-electron chi connectivity index (χ1n) is 12.2. The molecule has 0 spiro atoms. The second kappa shape index (κ2) is 9.41. The van der Waals surface area contributed by atoms with E-state index in [4.69, 9.17) is 0 Å². The van der Waals surface area contributed by atoms with Gasteiger partial charge in [-0.15, -0.1) is 0 Å². The lowest BCUT2D eigenvalue weighted by molar-refractivity contribution is -0.143. The van der Waals surface area contributed by atoms with Gasteiger partial charge in [0.05, 0.1) is 29.8 Å². The van der Waals surface area contributed by atoms with E-state index in [1.807, 2.05) is 30.3 Å². The minimum Gasteiger partial charge on any atom is -0.388 e. The molecule has 0 atom stereocenters. The molecule has 1 amide bonds. The van der Waals surface area contributed by atoms with Gasteiger partial charge in [0.25, 0.3) is 5.56 Å². The number of nitrogens with one attached hydrogen (secondary N) is 1. The second-order valence-electron chi connectivity index (χ2n) is 9.74. The molecule has 1 aromatic carbocycles. The highest BCUT2D eigenvalue weighted by molar-refractivity contribution is 7.89. The van der Waals surface area contributed by atoms with E-state index >= 15 is 0 Å². The summed E-state index contributed by atoms with van der Waals surface area (Å²) in [6.07, 6.45) is 4.60. The van der Waals surface area contributed by atoms with Gasteiger partial charge in [0, 0.05) is 25.0 Å². The highest BCUT2D eigenvalue weighted by Gasteiger charge is 2.41. The van der Waals surface area contributed by atoms with E-state index in [9.17, 15) is 23.1 Å². The van der Waals surface area contributed by atoms with Crippen LogP contribution in [0.3, 0.4) is 0 Å². The quantitative estimate of drug-likeness (QED) is 0.472. The largest absolute Gasteiger partial charge is 0.388 e. The Morgan fingerprint density at radius 2 is 1.89 bits per heavy atom. The summed E-state index contributed by atoms with van der Waals surface area (Å²) in [5.41, 5.74) is -0.156. The van der Waals surface area contributed by atoms with Gasteiger partial charge in [-0.3, -0.25) is 14.2 Å². The average molecular weight is 515 g/mol. The molecule has 1 aliphatic carbocycles. The molecule has 0 unspecified atom stereocenters. The zero-order valence-corrected chi connectivity index (χ0v) is 20.9. The maximum absolute atomic E-state index is 13.1. The molecule has 3 aromatic rings. The summed E-state index contributed by atoms with van der Waals surface area (Å²) < 4.78 is 29.0. The van der Waals surface area contributed by atoms with E-state index in [1.54, 1.807) is 16.5 Å². The molecule has 11 nitrogen and oxygen atoms in total. The fraction of sp³-hybridized carbons (Fsp3) is 0.500. The van der Waals surface area contributed by atoms with Crippen molar-refractivity contribution in [3.05, 3.63) is 53.2 Å². The van der Waals surface area contributed by atoms with E-state index in [1.165, 1.54) is 17.1 Å². The number of carbonyl (C=O) groups is 1. The van der Waals surface area contributed by atoms with Crippen LogP contribution < -0.4 is 10.3 Å². The van der Waals surface area contributed by atoms with Gasteiger partial charge in [-0.05, 0) is 44.7 Å². The maximum Gasteiger partial charge on any atom is 0.264 e. The van der Waals surface area contributed by atoms with E-state index in [0.29, 0.717) is 49.8 Å². The van der Waals surface area contributed by atoms with Gasteiger partial charge in [0.15, 0.2) is 5.65 Å². The monoisotopic (exact) mass is 514 g/mol. The Morgan fingerprint density at radius 3 is 2.56 bits per heavy atom. The summed E-state index contributed by atoms with van der Waals surface area (Å²) in [4.78, 5) is 32.1. The number of amides is 1. The molecule has 36 heavy (non-hydrogen) atoms. The fourth-order valence-electron chi connectivity index (χ4n) is 4.95. The lowest BCUT2D eigenvalue weighted by Gasteiger charge is -2.42. The van der Waals surface area contributed by atoms with Gasteiger partial charge in [-0.2, -0.15) is 5.10 Å². The number of para-hydroxylation sites is 1. The SMILES string of the molecule is CCS(=O)(=O)NC1CC(C(=O)N2CCC(O)(Cn3cnc4c(cnn4-c4ccccc4)c3=O)CC2)C1. The van der Waals surface area contributed by atoms with Gasteiger partial charge in [0.1, 0.15) is 11.7 Å². The molecule has 5 rings (SSSR count). The number of carbonyl (C=O) groups excluding carboxylic acids is 1. The van der Waals surface area contributed by atoms with Crippen LogP contribution in [-0.4, -0.2) is 74.1 Å². The van der Waals surface area contributed by atoms with E-state index < -0.39 is 15.6 Å². The van der Waals surface area contributed by atoms with Gasteiger partial charge < -0.3 is 10.0 Å². The molecule has 2 aromatic heterocycles. The summed E-state index contributed by atoms with van der Waals surface area (Å²) in [7, 11) is -3.28. The first kappa shape index (κ1) is 24.6. The van der Waals surface area contributed by atoms with Crippen LogP contribution in [0.4, 0.5) is 0 Å². The molecule has 0 bridgehead atoms. The molecular formula is C24H30N6O5S. The minimum absolute atomic E-state index is 0.00224. The van der Waals surface area contributed by atoms with Gasteiger partial charge in [0.2, 0.25) is 15.9 Å². The van der Waals surface area contributed by atoms with Crippen molar-refractivity contribution >= 4 is 27.0 Å². The number of nitrogens with zero attached hydrogens (tertiary/aromatic N) is 5. The van der Waals surface area contributed by atoms with Crippen LogP contribution in [0.1, 0.15) is 32.6 Å². The van der Waals surface area contributed by atoms with Crippen molar-refractivity contribution in [3.63, 3.8) is 0 Å². The molecule has 1 aliphatic heterocycles. The van der Waals surface area contributed by atoms with Crippen molar-refractivity contribution in [2.75, 3.05) is 18.8 Å². The van der Waals surface area contributed by atoms with Crippen LogP contribution in [0.25, 0.3) is 16.7 Å². The molecule has 12 heteroatoms. The third kappa shape index (κ3) is 4.80. The van der Waals surface area contributed by atoms with Crippen molar-refractivity contribution in [1.29, 1.82) is 0 Å². The highest BCUT2D eigenvalue weighted by atomic mass is 32.2. The normalized spacial score (nSPS) is 21.9. The number of aliphatic hydroxyl groups is 1. The number of benzene rings is 1. The number of piperidine rings is 1. The standard InChI is InChI=1S/C24H30N6O5S/c1-2-36(34,35)27-18-12-17(13-18)22(31)28-10-8-24(33,9-11-28)15-29-16-25-21-20(23(29)32)14-26-30(21)19-6-4-3-5-7-19/h3-7,14,16-18,27,33H,2,8-13,15H2,1H3. The maximum atomic E-state index is 13.1. The molecule has 1 saturated carbocycles. The van der Waals surface area contributed by atoms with Crippen molar-refractivity contribution < 1.29 is 18.3 Å². The zero-order chi connectivity index (χ0) is 25.5. The first-order chi connectivity index (χ1) is 17.2. The highest BCUT2D eigenvalue weighted by Crippen LogP contribution is 2.32. The van der Waals surface area contributed by atoms with Crippen LogP contribution in [0.5, 0.6) is 0 Å². The molecule has 1 saturated heterocycles. The predicted octanol–water partition coefficient (Wildman–Crippen LogP) is 0.654. The van der Waals surface area contributed by atoms with Crippen LogP contribution in [-0.2, 0) is 21.4 Å². The summed E-state index contributed by atoms with van der Waals surface area (Å²) in [5, 5.41) is 15.9. The number of sulfonamides is 1. The third-order valence-corrected chi connectivity index (χ3v) is 8.69. The van der Waals surface area contributed by atoms with E-state index in [-0.39, 0.29) is 35.7 Å². The zero-order valence-electron chi connectivity index (χ0n) is 20.1. The number of hydrogen-bond donors (Lipinski definition) is 2. The smallest absolute Gasteiger partial charge is 0.264 e. The molecular weight excluding hydrogens is 484 g/mol. The van der Waals surface area contributed by atoms with Gasteiger partial charge >= 0.3 is 0 Å². The Kier molecular flexibility index (Phi) is 6.43. The number of fused-ring (bicyclic) bond motifs is 1. The van der Waals surface area contributed by atoms with E-state index in [2.05, 4.69) is 14.8 Å². The minimum atomic E-state index is -3.28. The Hall–Kier alpha value is -3.09. The molecule has 2 fully saturated rings. The first-order valence-corrected chi connectivity index (χ1v) is 13.8. The second-order valence-corrected chi connectivity index (χ2v) is 11.8. The van der Waals surface area contributed by atoms with Crippen molar-refractivity contribution in [2.24, 2.45) is 5.92 Å². The number of rotatable bonds is 7. The Balaban J connectivity index is 1.20. The van der Waals surface area contributed by atoms with Crippen LogP contribution in [0, 0.1) is 5.92 Å². The third-order valence-electron chi connectivity index (χ3n) is 7.24. The van der Waals surface area contributed by atoms with E-state index in [0.717, 1.165) is 5.69 Å². The molecule has 2 aliphatic rings. The molecule has 3 heterocycles. The Morgan fingerprint density at radius 1 is 1.19 bits per heavy atom. The lowest BCUT2D eigenvalue weighted by Crippen LogP contribution is -2.54.